The van der Waals surface area contributed by atoms with Crippen LogP contribution in [0.25, 0.3) is 0 Å². The number of carboxylic acids is 1. The lowest BCUT2D eigenvalue weighted by atomic mass is 9.99. The molecule has 0 radical (unpaired) electrons. The number of hydrogen-bond acceptors (Lipinski definition) is 4. The van der Waals surface area contributed by atoms with E-state index in [9.17, 15) is 33.1 Å². The predicted octanol–water partition coefficient (Wildman–Crippen LogP) is 2.90. The molecule has 2 atom stereocenters. The molecule has 0 spiro atoms. The monoisotopic (exact) mass is 527 g/mol. The van der Waals surface area contributed by atoms with Crippen LogP contribution in [0.1, 0.15) is 48.7 Å². The van der Waals surface area contributed by atoms with Crippen LogP contribution in [-0.4, -0.2) is 33.5 Å². The summed E-state index contributed by atoms with van der Waals surface area (Å²) in [5, 5.41) is 14.1. The number of halogens is 3. The van der Waals surface area contributed by atoms with Crippen LogP contribution >= 0.6 is 15.9 Å². The molecule has 8 nitrogen and oxygen atoms in total. The van der Waals surface area contributed by atoms with E-state index in [4.69, 9.17) is 0 Å². The zero-order chi connectivity index (χ0) is 24.9. The first kappa shape index (κ1) is 26.2. The summed E-state index contributed by atoms with van der Waals surface area (Å²) in [5.74, 6) is -5.50. The van der Waals surface area contributed by atoms with Crippen LogP contribution in [0.5, 0.6) is 0 Å². The number of aryl methyl sites for hydroxylation is 1. The van der Waals surface area contributed by atoms with E-state index in [0.29, 0.717) is 0 Å². The standard InChI is InChI=1S/C22H24BrF2N3O5/c1-11(2)7-17(27-20(31)13-5-4-6-28(3)22(13)33)21(32)26-16(10-18(29)30)14-8-12(23)9-15(24)19(14)25/h4-6,8-9,11,16-17H,7,10H2,1-3H3,(H,26,32)(H,27,31)(H,29,30)/t16-,17-/m0/s1. The van der Waals surface area contributed by atoms with Crippen LogP contribution < -0.4 is 16.2 Å². The van der Waals surface area contributed by atoms with E-state index in [-0.39, 0.29) is 27.9 Å². The quantitative estimate of drug-likeness (QED) is 0.433. The van der Waals surface area contributed by atoms with Crippen molar-refractivity contribution in [2.75, 3.05) is 0 Å². The second-order valence-corrected chi connectivity index (χ2v) is 8.86. The van der Waals surface area contributed by atoms with Crippen molar-refractivity contribution in [3.63, 3.8) is 0 Å². The van der Waals surface area contributed by atoms with E-state index in [2.05, 4.69) is 26.6 Å². The van der Waals surface area contributed by atoms with E-state index in [0.717, 1.165) is 6.07 Å². The van der Waals surface area contributed by atoms with Crippen molar-refractivity contribution in [2.45, 2.75) is 38.8 Å². The molecule has 0 bridgehead atoms. The first-order chi connectivity index (χ1) is 15.4. The molecule has 2 rings (SSSR count). The summed E-state index contributed by atoms with van der Waals surface area (Å²) in [4.78, 5) is 49.3. The molecule has 3 N–H and O–H groups in total. The average Bonchev–Trinajstić information content (AvgIpc) is 2.70. The first-order valence-electron chi connectivity index (χ1n) is 10.0. The molecular formula is C22H24BrF2N3O5. The van der Waals surface area contributed by atoms with Gasteiger partial charge in [0.1, 0.15) is 11.6 Å². The van der Waals surface area contributed by atoms with Gasteiger partial charge in [0.25, 0.3) is 11.5 Å². The Balaban J connectivity index is 2.34. The Bertz CT molecular complexity index is 1120. The highest BCUT2D eigenvalue weighted by atomic mass is 79.9. The summed E-state index contributed by atoms with van der Waals surface area (Å²) in [6.07, 6.45) is 0.902. The number of carbonyl (C=O) groups excluding carboxylic acids is 2. The second kappa shape index (κ2) is 11.2. The molecular weight excluding hydrogens is 504 g/mol. The van der Waals surface area contributed by atoms with Crippen molar-refractivity contribution in [3.8, 4) is 0 Å². The third kappa shape index (κ3) is 6.95. The number of amides is 2. The minimum absolute atomic E-state index is 0.0716. The molecule has 2 aromatic rings. The molecule has 178 valence electrons. The zero-order valence-corrected chi connectivity index (χ0v) is 19.8. The van der Waals surface area contributed by atoms with Gasteiger partial charge in [-0.1, -0.05) is 29.8 Å². The van der Waals surface area contributed by atoms with Crippen LogP contribution in [0, 0.1) is 17.6 Å². The lowest BCUT2D eigenvalue weighted by Gasteiger charge is -2.24. The molecule has 11 heteroatoms. The van der Waals surface area contributed by atoms with Crippen LogP contribution in [0.3, 0.4) is 0 Å². The maximum absolute atomic E-state index is 14.4. The summed E-state index contributed by atoms with van der Waals surface area (Å²) >= 11 is 3.03. The number of carbonyl (C=O) groups is 3. The molecule has 0 aliphatic heterocycles. The van der Waals surface area contributed by atoms with E-state index in [1.54, 1.807) is 13.8 Å². The Morgan fingerprint density at radius 3 is 2.45 bits per heavy atom. The summed E-state index contributed by atoms with van der Waals surface area (Å²) in [5.41, 5.74) is -1.10. The average molecular weight is 528 g/mol. The first-order valence-corrected chi connectivity index (χ1v) is 10.8. The van der Waals surface area contributed by atoms with Crippen LogP contribution in [0.4, 0.5) is 8.78 Å². The van der Waals surface area contributed by atoms with E-state index < -0.39 is 53.5 Å². The van der Waals surface area contributed by atoms with Gasteiger partial charge in [0.15, 0.2) is 11.6 Å². The number of hydrogen-bond donors (Lipinski definition) is 3. The summed E-state index contributed by atoms with van der Waals surface area (Å²) in [7, 11) is 1.47. The van der Waals surface area contributed by atoms with Gasteiger partial charge in [-0.25, -0.2) is 8.78 Å². The third-order valence-electron chi connectivity index (χ3n) is 4.79. The Kier molecular flexibility index (Phi) is 8.86. The molecule has 0 aliphatic rings. The van der Waals surface area contributed by atoms with Gasteiger partial charge in [-0.3, -0.25) is 19.2 Å². The normalized spacial score (nSPS) is 12.8. The SMILES string of the molecule is CC(C)C[C@H](NC(=O)c1cccn(C)c1=O)C(=O)N[C@@H](CC(=O)O)c1cc(Br)cc(F)c1F. The van der Waals surface area contributed by atoms with E-state index >= 15 is 0 Å². The lowest BCUT2D eigenvalue weighted by molar-refractivity contribution is -0.137. The van der Waals surface area contributed by atoms with Crippen molar-refractivity contribution in [2.24, 2.45) is 13.0 Å². The minimum atomic E-state index is -1.40. The van der Waals surface area contributed by atoms with Gasteiger partial charge in [0.05, 0.1) is 12.5 Å². The molecule has 2 amide bonds. The Labute approximate surface area is 197 Å². The molecule has 33 heavy (non-hydrogen) atoms. The van der Waals surface area contributed by atoms with Gasteiger partial charge in [-0.2, -0.15) is 0 Å². The zero-order valence-electron chi connectivity index (χ0n) is 18.2. The number of benzene rings is 1. The maximum Gasteiger partial charge on any atom is 0.305 e. The lowest BCUT2D eigenvalue weighted by Crippen LogP contribution is -2.49. The number of nitrogens with zero attached hydrogens (tertiary/aromatic N) is 1. The highest BCUT2D eigenvalue weighted by Gasteiger charge is 2.29. The third-order valence-corrected chi connectivity index (χ3v) is 5.25. The number of aromatic nitrogens is 1. The number of carboxylic acid groups (broad SMARTS) is 1. The molecule has 1 heterocycles. The molecule has 0 aliphatic carbocycles. The van der Waals surface area contributed by atoms with Crippen molar-refractivity contribution >= 4 is 33.7 Å². The number of rotatable bonds is 9. The van der Waals surface area contributed by atoms with Gasteiger partial charge in [0, 0.05) is 23.3 Å². The van der Waals surface area contributed by atoms with E-state index in [1.807, 2.05) is 0 Å². The van der Waals surface area contributed by atoms with Gasteiger partial charge in [0.2, 0.25) is 5.91 Å². The van der Waals surface area contributed by atoms with Gasteiger partial charge in [-0.15, -0.1) is 0 Å². The molecule has 1 aromatic carbocycles. The number of aliphatic carboxylic acids is 1. The summed E-state index contributed by atoms with van der Waals surface area (Å²) in [6, 6.07) is 2.31. The maximum atomic E-state index is 14.4. The molecule has 0 fully saturated rings. The Morgan fingerprint density at radius 2 is 1.85 bits per heavy atom. The highest BCUT2D eigenvalue weighted by molar-refractivity contribution is 9.10. The van der Waals surface area contributed by atoms with Crippen molar-refractivity contribution < 1.29 is 28.3 Å². The topological polar surface area (TPSA) is 118 Å². The fraction of sp³-hybridized carbons (Fsp3) is 0.364. The molecule has 1 aromatic heterocycles. The summed E-state index contributed by atoms with van der Waals surface area (Å²) in [6.45, 7) is 3.60. The highest BCUT2D eigenvalue weighted by Crippen LogP contribution is 2.27. The molecule has 0 unspecified atom stereocenters. The van der Waals surface area contributed by atoms with Crippen LogP contribution in [0.15, 0.2) is 39.7 Å². The second-order valence-electron chi connectivity index (χ2n) is 7.94. The van der Waals surface area contributed by atoms with Gasteiger partial charge < -0.3 is 20.3 Å². The largest absolute Gasteiger partial charge is 0.481 e. The molecule has 0 saturated carbocycles. The van der Waals surface area contributed by atoms with Crippen molar-refractivity contribution in [1.82, 2.24) is 15.2 Å². The number of pyridine rings is 1. The smallest absolute Gasteiger partial charge is 0.305 e. The fourth-order valence-electron chi connectivity index (χ4n) is 3.22. The van der Waals surface area contributed by atoms with Crippen LogP contribution in [0.2, 0.25) is 0 Å². The van der Waals surface area contributed by atoms with Crippen molar-refractivity contribution in [3.05, 3.63) is 68.1 Å². The Hall–Kier alpha value is -3.08. The van der Waals surface area contributed by atoms with Crippen molar-refractivity contribution in [1.29, 1.82) is 0 Å². The van der Waals surface area contributed by atoms with Gasteiger partial charge >= 0.3 is 5.97 Å². The van der Waals surface area contributed by atoms with E-state index in [1.165, 1.54) is 36.0 Å². The summed E-state index contributed by atoms with van der Waals surface area (Å²) < 4.78 is 29.7. The minimum Gasteiger partial charge on any atom is -0.481 e. The van der Waals surface area contributed by atoms with Gasteiger partial charge in [-0.05, 0) is 36.6 Å². The molecule has 0 saturated heterocycles. The number of nitrogens with one attached hydrogen (secondary N) is 2. The van der Waals surface area contributed by atoms with Crippen LogP contribution in [-0.2, 0) is 16.6 Å². The Morgan fingerprint density at radius 1 is 1.18 bits per heavy atom. The predicted molar refractivity (Wildman–Crippen MR) is 120 cm³/mol. The fourth-order valence-corrected chi connectivity index (χ4v) is 3.67.